The first-order valence-corrected chi connectivity index (χ1v) is 12.8. The number of aromatic nitrogens is 2. The summed E-state index contributed by atoms with van der Waals surface area (Å²) in [6.07, 6.45) is 9.50. The van der Waals surface area contributed by atoms with Crippen LogP contribution in [-0.4, -0.2) is 14.7 Å². The zero-order valence-corrected chi connectivity index (χ0v) is 20.7. The summed E-state index contributed by atoms with van der Waals surface area (Å²) in [5.41, 5.74) is 7.57. The Morgan fingerprint density at radius 2 is 1.79 bits per heavy atom. The van der Waals surface area contributed by atoms with Gasteiger partial charge in [-0.25, -0.2) is 0 Å². The van der Waals surface area contributed by atoms with Gasteiger partial charge >= 0.3 is 0 Å². The van der Waals surface area contributed by atoms with E-state index in [-0.39, 0.29) is 12.1 Å². The Morgan fingerprint density at radius 1 is 1.03 bits per heavy atom. The molecule has 1 aliphatic carbocycles. The minimum atomic E-state index is 0.00450. The van der Waals surface area contributed by atoms with Crippen LogP contribution in [0.3, 0.4) is 0 Å². The first kappa shape index (κ1) is 22.1. The van der Waals surface area contributed by atoms with Crippen LogP contribution in [0, 0.1) is 13.8 Å². The van der Waals surface area contributed by atoms with Gasteiger partial charge in [-0.2, -0.15) is 0 Å². The number of benzene rings is 1. The molecule has 0 bridgehead atoms. The fraction of sp³-hybridized carbons (Fsp3) is 0.429. The number of aryl methyl sites for hydroxylation is 2. The van der Waals surface area contributed by atoms with E-state index in [1.807, 2.05) is 12.3 Å². The molecule has 2 fully saturated rings. The average molecular weight is 459 g/mol. The molecule has 1 aliphatic heterocycles. The van der Waals surface area contributed by atoms with Crippen LogP contribution in [0.1, 0.15) is 85.4 Å². The van der Waals surface area contributed by atoms with Crippen molar-refractivity contribution in [2.24, 2.45) is 0 Å². The van der Waals surface area contributed by atoms with Gasteiger partial charge in [-0.05, 0) is 86.8 Å². The lowest BCUT2D eigenvalue weighted by Crippen LogP contribution is -2.29. The number of nitrogens with zero attached hydrogens (tertiary/aromatic N) is 3. The third-order valence-electron chi connectivity index (χ3n) is 7.50. The van der Waals surface area contributed by atoms with Crippen molar-refractivity contribution in [1.82, 2.24) is 14.9 Å². The van der Waals surface area contributed by atoms with Crippen molar-refractivity contribution in [1.29, 1.82) is 0 Å². The molecule has 0 radical (unpaired) electrons. The van der Waals surface area contributed by atoms with E-state index < -0.39 is 0 Å². The quantitative estimate of drug-likeness (QED) is 0.429. The van der Waals surface area contributed by atoms with Crippen LogP contribution in [0.4, 0.5) is 5.69 Å². The smallest absolute Gasteiger partial charge is 0.174 e. The fourth-order valence-electron chi connectivity index (χ4n) is 5.84. The molecular weight excluding hydrogens is 424 g/mol. The maximum absolute atomic E-state index is 5.93. The maximum Gasteiger partial charge on any atom is 0.174 e. The molecule has 3 aromatic rings. The highest BCUT2D eigenvalue weighted by atomic mass is 32.1. The Bertz CT molecular complexity index is 1110. The van der Waals surface area contributed by atoms with E-state index in [2.05, 4.69) is 78.0 Å². The molecular formula is C28H34N4S. The largest absolute Gasteiger partial charge is 0.351 e. The molecule has 2 atom stereocenters. The van der Waals surface area contributed by atoms with E-state index in [4.69, 9.17) is 17.2 Å². The van der Waals surface area contributed by atoms with Gasteiger partial charge in [-0.3, -0.25) is 4.98 Å². The summed E-state index contributed by atoms with van der Waals surface area (Å²) in [6, 6.07) is 18.1. The van der Waals surface area contributed by atoms with Gasteiger partial charge in [0.25, 0.3) is 0 Å². The molecule has 1 saturated heterocycles. The van der Waals surface area contributed by atoms with Crippen molar-refractivity contribution in [3.8, 4) is 0 Å². The predicted octanol–water partition coefficient (Wildman–Crippen LogP) is 6.74. The summed E-state index contributed by atoms with van der Waals surface area (Å²) < 4.78 is 2.60. The van der Waals surface area contributed by atoms with Crippen LogP contribution in [0.25, 0.3) is 0 Å². The normalized spacial score (nSPS) is 21.4. The van der Waals surface area contributed by atoms with Gasteiger partial charge in [0.05, 0.1) is 17.8 Å². The fourth-order valence-corrected chi connectivity index (χ4v) is 6.19. The standard InChI is InChI=1S/C28H34N4S/c1-4-21-13-15-23(16-14-21)32-27(26(30-28(32)33)25-12-8-9-17-29-25)24-18-19(2)31(20(24)3)22-10-6-5-7-11-22/h8-9,12-18,22,26-27H,4-7,10-11H2,1-3H3,(H,30,33)/t26-,27+/m1/s1. The molecule has 5 rings (SSSR count). The van der Waals surface area contributed by atoms with Crippen LogP contribution < -0.4 is 10.2 Å². The van der Waals surface area contributed by atoms with Gasteiger partial charge < -0.3 is 14.8 Å². The number of thiocarbonyl (C=S) groups is 1. The zero-order chi connectivity index (χ0) is 22.9. The third-order valence-corrected chi connectivity index (χ3v) is 7.82. The number of pyridine rings is 1. The van der Waals surface area contributed by atoms with Crippen molar-refractivity contribution < 1.29 is 0 Å². The van der Waals surface area contributed by atoms with Gasteiger partial charge in [0.1, 0.15) is 0 Å². The summed E-state index contributed by atoms with van der Waals surface area (Å²) in [5, 5.41) is 4.38. The van der Waals surface area contributed by atoms with E-state index in [1.165, 1.54) is 54.6 Å². The Labute approximate surface area is 203 Å². The summed E-state index contributed by atoms with van der Waals surface area (Å²) in [7, 11) is 0. The Balaban J connectivity index is 1.61. The van der Waals surface area contributed by atoms with Crippen LogP contribution in [-0.2, 0) is 6.42 Å². The SMILES string of the molecule is CCc1ccc(N2C(=S)N[C@H](c3ccccn3)[C@@H]2c2cc(C)n(C3CCCCC3)c2C)cc1. The summed E-state index contributed by atoms with van der Waals surface area (Å²) in [4.78, 5) is 7.03. The van der Waals surface area contributed by atoms with Gasteiger partial charge in [-0.15, -0.1) is 0 Å². The lowest BCUT2D eigenvalue weighted by Gasteiger charge is -2.30. The molecule has 172 valence electrons. The highest BCUT2D eigenvalue weighted by Crippen LogP contribution is 2.44. The highest BCUT2D eigenvalue weighted by molar-refractivity contribution is 7.80. The van der Waals surface area contributed by atoms with Gasteiger partial charge in [0, 0.05) is 29.3 Å². The van der Waals surface area contributed by atoms with Crippen LogP contribution in [0.15, 0.2) is 54.7 Å². The minimum Gasteiger partial charge on any atom is -0.351 e. The molecule has 4 nitrogen and oxygen atoms in total. The molecule has 1 aromatic carbocycles. The highest BCUT2D eigenvalue weighted by Gasteiger charge is 2.42. The molecule has 1 saturated carbocycles. The van der Waals surface area contributed by atoms with Crippen LogP contribution >= 0.6 is 12.2 Å². The molecule has 2 aromatic heterocycles. The van der Waals surface area contributed by atoms with E-state index in [1.54, 1.807) is 0 Å². The molecule has 0 spiro atoms. The van der Waals surface area contributed by atoms with Crippen molar-refractivity contribution in [2.45, 2.75) is 77.4 Å². The molecule has 5 heteroatoms. The molecule has 2 aliphatic rings. The second-order valence-electron chi connectivity index (χ2n) is 9.50. The first-order valence-electron chi connectivity index (χ1n) is 12.4. The third kappa shape index (κ3) is 4.08. The molecule has 0 unspecified atom stereocenters. The topological polar surface area (TPSA) is 33.1 Å². The lowest BCUT2D eigenvalue weighted by molar-refractivity contribution is 0.345. The van der Waals surface area contributed by atoms with Crippen molar-refractivity contribution >= 4 is 23.0 Å². The van der Waals surface area contributed by atoms with E-state index in [9.17, 15) is 0 Å². The van der Waals surface area contributed by atoms with Crippen molar-refractivity contribution in [3.63, 3.8) is 0 Å². The molecule has 33 heavy (non-hydrogen) atoms. The Morgan fingerprint density at radius 3 is 2.45 bits per heavy atom. The van der Waals surface area contributed by atoms with Gasteiger partial charge in [0.2, 0.25) is 0 Å². The van der Waals surface area contributed by atoms with Crippen molar-refractivity contribution in [3.05, 3.63) is 82.9 Å². The Hall–Kier alpha value is -2.66. The van der Waals surface area contributed by atoms with Crippen molar-refractivity contribution in [2.75, 3.05) is 4.90 Å². The van der Waals surface area contributed by atoms with E-state index in [0.29, 0.717) is 6.04 Å². The van der Waals surface area contributed by atoms with Gasteiger partial charge in [0.15, 0.2) is 5.11 Å². The number of hydrogen-bond acceptors (Lipinski definition) is 2. The summed E-state index contributed by atoms with van der Waals surface area (Å²) in [5.74, 6) is 0. The second-order valence-corrected chi connectivity index (χ2v) is 9.89. The molecule has 1 N–H and O–H groups in total. The number of nitrogens with one attached hydrogen (secondary N) is 1. The second kappa shape index (κ2) is 9.30. The summed E-state index contributed by atoms with van der Waals surface area (Å²) >= 11 is 5.93. The van der Waals surface area contributed by atoms with Crippen LogP contribution in [0.5, 0.6) is 0 Å². The zero-order valence-electron chi connectivity index (χ0n) is 19.9. The monoisotopic (exact) mass is 458 g/mol. The average Bonchev–Trinajstić information content (AvgIpc) is 3.35. The Kier molecular flexibility index (Phi) is 6.24. The van der Waals surface area contributed by atoms with E-state index in [0.717, 1.165) is 22.9 Å². The number of hydrogen-bond donors (Lipinski definition) is 1. The first-order chi connectivity index (χ1) is 16.1. The van der Waals surface area contributed by atoms with Crippen LogP contribution in [0.2, 0.25) is 0 Å². The molecule has 3 heterocycles. The number of rotatable bonds is 5. The minimum absolute atomic E-state index is 0.00450. The van der Waals surface area contributed by atoms with Gasteiger partial charge in [-0.1, -0.05) is 44.4 Å². The number of anilines is 1. The summed E-state index contributed by atoms with van der Waals surface area (Å²) in [6.45, 7) is 6.76. The maximum atomic E-state index is 5.93. The molecule has 0 amide bonds. The predicted molar refractivity (Wildman–Crippen MR) is 140 cm³/mol. The van der Waals surface area contributed by atoms with E-state index >= 15 is 0 Å². The lowest BCUT2D eigenvalue weighted by atomic mass is 9.94.